The SMILES string of the molecule is CC(C)(O)C#Cc1ccc(-c2ccc3nnc(N)n3c2)c([C@@H](CC(=O)Cn2nc(C(F)F)c3c2C(F)(F)[C@@H]2C[C@H]32)Cc2cc(F)cc(F)c2)n1.CCOC(=O)Nc1nnc2ccc(-c3ccc(C#CC(C)(C)O)nc3[C@@H](CC(=O)Cn3nc(C(F)F)c4c3C(F)(F)[C@@H]3C[C@H]43)Cc3cc(F)cc(F)c3)cn12. The summed E-state index contributed by atoms with van der Waals surface area (Å²) >= 11 is 0. The van der Waals surface area contributed by atoms with Crippen molar-refractivity contribution < 1.29 is 82.0 Å². The van der Waals surface area contributed by atoms with Crippen molar-refractivity contribution in [2.75, 3.05) is 17.7 Å². The van der Waals surface area contributed by atoms with Crippen LogP contribution in [-0.2, 0) is 52.1 Å². The Balaban J connectivity index is 0.000000187. The number of anilines is 2. The largest absolute Gasteiger partial charge is 0.450 e. The number of ether oxygens (including phenoxy) is 1. The molecule has 8 aromatic heterocycles. The molecule has 2 aromatic carbocycles. The van der Waals surface area contributed by atoms with Gasteiger partial charge in [0.05, 0.1) is 18.0 Å². The number of carbonyl (C=O) groups is 3. The number of Topliss-reactive ketones (excluding diaryl/α,β-unsaturated/α-hetero) is 2. The number of ketones is 2. The fourth-order valence-electron chi connectivity index (χ4n) is 13.8. The number of carbonyl (C=O) groups excluding carboxylic acids is 3. The molecule has 0 bridgehead atoms. The van der Waals surface area contributed by atoms with Crippen molar-refractivity contribution in [3.05, 3.63) is 188 Å². The highest BCUT2D eigenvalue weighted by atomic mass is 19.3. The van der Waals surface area contributed by atoms with Gasteiger partial charge in [-0.15, -0.1) is 20.4 Å². The molecule has 32 heteroatoms. The molecule has 0 radical (unpaired) electrons. The molecule has 6 atom stereocenters. The van der Waals surface area contributed by atoms with E-state index in [1.54, 1.807) is 67.8 Å². The summed E-state index contributed by atoms with van der Waals surface area (Å²) in [6, 6.07) is 18.8. The Morgan fingerprint density at radius 1 is 0.600 bits per heavy atom. The van der Waals surface area contributed by atoms with Crippen LogP contribution in [0.25, 0.3) is 33.5 Å². The van der Waals surface area contributed by atoms with Gasteiger partial charge in [-0.1, -0.05) is 11.8 Å². The minimum absolute atomic E-state index is 0.0174. The third-order valence-corrected chi connectivity index (χ3v) is 18.3. The van der Waals surface area contributed by atoms with E-state index in [9.17, 15) is 59.7 Å². The minimum Gasteiger partial charge on any atom is -0.450 e. The van der Waals surface area contributed by atoms with Crippen molar-refractivity contribution >= 4 is 40.9 Å². The summed E-state index contributed by atoms with van der Waals surface area (Å²) in [4.78, 5) is 49.4. The average Bonchev–Trinajstić information content (AvgIpc) is 1.53. The predicted molar refractivity (Wildman–Crippen MR) is 353 cm³/mol. The van der Waals surface area contributed by atoms with Gasteiger partial charge in [0.15, 0.2) is 22.9 Å². The summed E-state index contributed by atoms with van der Waals surface area (Å²) in [5.41, 5.74) is 3.64. The van der Waals surface area contributed by atoms with E-state index in [1.807, 2.05) is 0 Å². The van der Waals surface area contributed by atoms with Gasteiger partial charge in [0.25, 0.3) is 24.7 Å². The molecule has 0 unspecified atom stereocenters. The number of amides is 1. The molecule has 0 saturated heterocycles. The number of nitrogens with one attached hydrogen (secondary N) is 1. The van der Waals surface area contributed by atoms with Crippen LogP contribution in [0.2, 0.25) is 0 Å². The van der Waals surface area contributed by atoms with Gasteiger partial charge >= 0.3 is 6.09 Å². The number of fused-ring (bicyclic) bond motifs is 8. The number of halogens is 12. The number of nitrogens with zero attached hydrogens (tertiary/aromatic N) is 12. The van der Waals surface area contributed by atoms with Gasteiger partial charge in [-0.3, -0.25) is 33.1 Å². The van der Waals surface area contributed by atoms with Crippen LogP contribution in [0.3, 0.4) is 0 Å². The van der Waals surface area contributed by atoms with E-state index < -0.39 is 161 Å². The number of nitrogen functional groups attached to an aromatic ring is 1. The van der Waals surface area contributed by atoms with Crippen LogP contribution in [0.5, 0.6) is 0 Å². The van der Waals surface area contributed by atoms with Gasteiger partial charge in [-0.05, 0) is 168 Å². The Hall–Kier alpha value is -11.0. The van der Waals surface area contributed by atoms with Crippen LogP contribution in [0, 0.1) is 58.8 Å². The van der Waals surface area contributed by atoms with Crippen LogP contribution in [0.1, 0.15) is 165 Å². The first-order chi connectivity index (χ1) is 49.6. The normalized spacial score (nSPS) is 17.7. The molecule has 20 nitrogen and oxygen atoms in total. The maximum atomic E-state index is 15.3. The number of benzene rings is 2. The summed E-state index contributed by atoms with van der Waals surface area (Å²) < 4.78 is 184. The molecule has 2 saturated carbocycles. The van der Waals surface area contributed by atoms with E-state index in [2.05, 4.69) is 59.6 Å². The third-order valence-electron chi connectivity index (χ3n) is 18.3. The molecule has 5 N–H and O–H groups in total. The molecule has 0 aliphatic heterocycles. The Kier molecular flexibility index (Phi) is 19.0. The summed E-state index contributed by atoms with van der Waals surface area (Å²) in [6.45, 7) is 6.09. The zero-order chi connectivity index (χ0) is 75.1. The number of hydrogen-bond donors (Lipinski definition) is 4. The number of alkyl halides is 8. The first kappa shape index (κ1) is 72.4. The second-order valence-corrected chi connectivity index (χ2v) is 27.3. The highest BCUT2D eigenvalue weighted by Gasteiger charge is 2.68. The highest BCUT2D eigenvalue weighted by Crippen LogP contribution is 2.69. The van der Waals surface area contributed by atoms with Crippen LogP contribution >= 0.6 is 0 Å². The van der Waals surface area contributed by atoms with E-state index >= 15 is 17.6 Å². The van der Waals surface area contributed by atoms with E-state index in [1.165, 1.54) is 36.5 Å². The fraction of sp³-hybridized carbons (Fsp3) is 0.356. The molecule has 544 valence electrons. The van der Waals surface area contributed by atoms with Crippen molar-refractivity contribution in [3.8, 4) is 45.9 Å². The van der Waals surface area contributed by atoms with Crippen LogP contribution in [-0.4, -0.2) is 104 Å². The molecule has 4 aliphatic carbocycles. The molecular formula is C73H62F12N14O6. The topological polar surface area (TPSA) is 261 Å². The van der Waals surface area contributed by atoms with Gasteiger partial charge < -0.3 is 20.7 Å². The molecule has 14 rings (SSSR count). The minimum atomic E-state index is -3.46. The molecule has 4 aliphatic rings. The first-order valence-electron chi connectivity index (χ1n) is 33.0. The lowest BCUT2D eigenvalue weighted by molar-refractivity contribution is -0.121. The monoisotopic (exact) mass is 1460 g/mol. The Morgan fingerprint density at radius 3 is 1.44 bits per heavy atom. The van der Waals surface area contributed by atoms with Crippen molar-refractivity contribution in [2.24, 2.45) is 11.8 Å². The van der Waals surface area contributed by atoms with E-state index in [4.69, 9.17) is 20.4 Å². The Bertz CT molecular complexity index is 5230. The smallest absolute Gasteiger partial charge is 0.414 e. The quantitative estimate of drug-likeness (QED) is 0.0408. The summed E-state index contributed by atoms with van der Waals surface area (Å²) in [5.74, 6) is -6.36. The summed E-state index contributed by atoms with van der Waals surface area (Å²) in [6.07, 6.45) is -4.88. The summed E-state index contributed by atoms with van der Waals surface area (Å²) in [5, 5.41) is 46.4. The van der Waals surface area contributed by atoms with Crippen LogP contribution in [0.4, 0.5) is 69.4 Å². The number of pyridine rings is 4. The van der Waals surface area contributed by atoms with E-state index in [0.29, 0.717) is 55.0 Å². The predicted octanol–water partition coefficient (Wildman–Crippen LogP) is 13.2. The van der Waals surface area contributed by atoms with Gasteiger partial charge in [0.1, 0.15) is 81.7 Å². The lowest BCUT2D eigenvalue weighted by Crippen LogP contribution is -2.24. The molecule has 8 heterocycles. The van der Waals surface area contributed by atoms with Crippen molar-refractivity contribution in [1.29, 1.82) is 0 Å². The lowest BCUT2D eigenvalue weighted by Gasteiger charge is -2.21. The molecule has 0 spiro atoms. The molecular weight excluding hydrogens is 1400 g/mol. The standard InChI is InChI=1S/C38H33F6N7O4.C35H29F6N7O2/c1-4-55-36(53)46-35-48-47-29-8-5-20(17-50(29)35)26-7-6-24(9-10-37(2,3)54)45-31(26)21(11-19-12-22(39)15-23(40)13-19)14-25(52)18-51-33-30(32(49-51)34(41)42)27-16-28(27)38(33,43)44;1-34(2,50)8-7-22-4-5-24(18-3-6-27-44-45-33(42)47(27)15-18)29(43-22)19(9-17-10-20(36)13-21(37)11-17)12-23(49)16-48-31-28(30(46-48)32(38)39)25-14-26(25)35(31,40)41/h5-8,12-13,15,17,21,27-28,34,54H,4,11,14,16,18H2,1-3H3,(H,46,48,53);3-6,10-11,13,15,19,25-26,32,50H,9,12,14,16H2,1-2H3,(H2,42,45)/t21-,27+,28-;19-,25+,26-/m11/s1. The first-order valence-corrected chi connectivity index (χ1v) is 33.0. The number of hydrogen-bond acceptors (Lipinski definition) is 15. The highest BCUT2D eigenvalue weighted by molar-refractivity contribution is 5.84. The number of aromatic nitrogens is 12. The second-order valence-electron chi connectivity index (χ2n) is 27.3. The summed E-state index contributed by atoms with van der Waals surface area (Å²) in [7, 11) is 0. The molecule has 105 heavy (non-hydrogen) atoms. The number of rotatable bonds is 20. The number of aliphatic hydroxyl groups is 2. The van der Waals surface area contributed by atoms with Gasteiger partial charge in [-0.2, -0.15) is 27.8 Å². The maximum Gasteiger partial charge on any atom is 0.414 e. The van der Waals surface area contributed by atoms with Gasteiger partial charge in [0, 0.05) is 94.4 Å². The lowest BCUT2D eigenvalue weighted by atomic mass is 9.86. The number of nitrogens with two attached hydrogens (primary N) is 1. The van der Waals surface area contributed by atoms with E-state index in [-0.39, 0.29) is 89.2 Å². The van der Waals surface area contributed by atoms with Gasteiger partial charge in [-0.25, -0.2) is 49.9 Å². The average molecular weight is 1460 g/mol. The maximum absolute atomic E-state index is 15.3. The fourth-order valence-corrected chi connectivity index (χ4v) is 13.8. The van der Waals surface area contributed by atoms with Crippen molar-refractivity contribution in [2.45, 2.75) is 146 Å². The van der Waals surface area contributed by atoms with Crippen LogP contribution in [0.15, 0.2) is 97.3 Å². The van der Waals surface area contributed by atoms with Crippen LogP contribution < -0.4 is 11.1 Å². The molecule has 2 fully saturated rings. The Morgan fingerprint density at radius 2 is 1.02 bits per heavy atom. The van der Waals surface area contributed by atoms with Crippen molar-refractivity contribution in [3.63, 3.8) is 0 Å². The molecule has 10 aromatic rings. The van der Waals surface area contributed by atoms with E-state index in [0.717, 1.165) is 24.3 Å². The Labute approximate surface area is 589 Å². The van der Waals surface area contributed by atoms with Gasteiger partial charge in [0.2, 0.25) is 11.9 Å². The second kappa shape index (κ2) is 27.6. The zero-order valence-corrected chi connectivity index (χ0v) is 56.2. The molecule has 1 amide bonds. The third kappa shape index (κ3) is 15.1. The zero-order valence-electron chi connectivity index (χ0n) is 56.2. The van der Waals surface area contributed by atoms with Crippen molar-refractivity contribution in [1.82, 2.24) is 58.7 Å².